The summed E-state index contributed by atoms with van der Waals surface area (Å²) in [5, 5.41) is 22.0. The molecule has 4 nitrogen and oxygen atoms in total. The molecule has 1 saturated heterocycles. The molecule has 1 aliphatic heterocycles. The van der Waals surface area contributed by atoms with E-state index in [0.29, 0.717) is 0 Å². The van der Waals surface area contributed by atoms with Crippen molar-refractivity contribution in [3.05, 3.63) is 0 Å². The minimum absolute atomic E-state index is 0. The minimum Gasteiger partial charge on any atom is -0.548 e. The maximum atomic E-state index is 10.2. The summed E-state index contributed by atoms with van der Waals surface area (Å²) in [5.41, 5.74) is 0. The summed E-state index contributed by atoms with van der Waals surface area (Å²) in [6.07, 6.45) is -0.299. The van der Waals surface area contributed by atoms with Crippen LogP contribution < -0.4 is 40.0 Å². The van der Waals surface area contributed by atoms with E-state index in [9.17, 15) is 9.90 Å². The van der Waals surface area contributed by atoms with E-state index < -0.39 is 18.1 Å². The number of aliphatic carboxylic acids is 1. The zero-order valence-electron chi connectivity index (χ0n) is 6.70. The zero-order chi connectivity index (χ0) is 7.72. The fourth-order valence-corrected chi connectivity index (χ4v) is 1.11. The third-order valence-corrected chi connectivity index (χ3v) is 1.80. The molecule has 58 valence electrons. The predicted molar refractivity (Wildman–Crippen MR) is 32.0 cm³/mol. The van der Waals surface area contributed by atoms with Gasteiger partial charge in [-0.3, -0.25) is 0 Å². The van der Waals surface area contributed by atoms with Gasteiger partial charge in [0.05, 0.1) is 12.1 Å². The molecule has 1 heterocycles. The Hall–Kier alpha value is 0.390. The second-order valence-corrected chi connectivity index (χ2v) is 2.63. The van der Waals surface area contributed by atoms with Crippen LogP contribution in [0.4, 0.5) is 0 Å². The van der Waals surface area contributed by atoms with E-state index in [-0.39, 0.29) is 42.0 Å². The number of hydrogen-bond acceptors (Lipinski definition) is 4. The van der Waals surface area contributed by atoms with E-state index in [0.717, 1.165) is 0 Å². The summed E-state index contributed by atoms with van der Waals surface area (Å²) in [6.45, 7) is 1.74. The summed E-state index contributed by atoms with van der Waals surface area (Å²) in [5.74, 6) is -1.14. The van der Waals surface area contributed by atoms with Crippen LogP contribution in [0.1, 0.15) is 13.3 Å². The first kappa shape index (κ1) is 11.4. The smallest absolute Gasteiger partial charge is 0.548 e. The van der Waals surface area contributed by atoms with E-state index in [1.54, 1.807) is 6.92 Å². The molecule has 5 heteroatoms. The molecule has 3 atom stereocenters. The zero-order valence-corrected chi connectivity index (χ0v) is 8.70. The largest absolute Gasteiger partial charge is 1.00 e. The Bertz CT molecular complexity index is 143. The van der Waals surface area contributed by atoms with Gasteiger partial charge < -0.3 is 20.3 Å². The number of aliphatic hydroxyl groups is 1. The third kappa shape index (κ3) is 2.72. The van der Waals surface area contributed by atoms with Crippen LogP contribution in [-0.2, 0) is 4.79 Å². The fraction of sp³-hybridized carbons (Fsp3) is 0.833. The molecule has 2 N–H and O–H groups in total. The molecule has 1 rings (SSSR count). The molecule has 1 fully saturated rings. The van der Waals surface area contributed by atoms with Crippen molar-refractivity contribution >= 4 is 5.97 Å². The first-order valence-corrected chi connectivity index (χ1v) is 3.26. The first-order chi connectivity index (χ1) is 4.61. The number of carboxylic acids is 1. The molecule has 0 amide bonds. The number of carboxylic acid groups (broad SMARTS) is 1. The number of aliphatic hydroxyl groups excluding tert-OH is 1. The molecule has 0 bridgehead atoms. The minimum atomic E-state index is -1.14. The van der Waals surface area contributed by atoms with E-state index in [2.05, 4.69) is 5.32 Å². The van der Waals surface area contributed by atoms with Gasteiger partial charge in [0, 0.05) is 12.1 Å². The Balaban J connectivity index is 0.000001000. The van der Waals surface area contributed by atoms with Crippen LogP contribution in [0.15, 0.2) is 0 Å². The van der Waals surface area contributed by atoms with E-state index >= 15 is 0 Å². The Morgan fingerprint density at radius 2 is 2.27 bits per heavy atom. The second-order valence-electron chi connectivity index (χ2n) is 2.63. The van der Waals surface area contributed by atoms with Gasteiger partial charge in [-0.05, 0) is 13.3 Å². The van der Waals surface area contributed by atoms with Crippen LogP contribution in [0.2, 0.25) is 0 Å². The molecule has 11 heavy (non-hydrogen) atoms. The van der Waals surface area contributed by atoms with Crippen molar-refractivity contribution in [2.24, 2.45) is 0 Å². The van der Waals surface area contributed by atoms with E-state index in [1.165, 1.54) is 0 Å². The van der Waals surface area contributed by atoms with E-state index in [1.807, 2.05) is 0 Å². The van der Waals surface area contributed by atoms with Gasteiger partial charge in [-0.15, -0.1) is 0 Å². The van der Waals surface area contributed by atoms with Gasteiger partial charge in [0.25, 0.3) is 0 Å². The Morgan fingerprint density at radius 3 is 2.45 bits per heavy atom. The molecule has 0 aromatic heterocycles. The molecular formula is C6H10NNaO3. The van der Waals surface area contributed by atoms with Crippen LogP contribution in [0.25, 0.3) is 0 Å². The number of rotatable bonds is 1. The Labute approximate surface area is 87.3 Å². The SMILES string of the molecule is C[C@H]1NC(C(=O)[O-])CC1O.[Na+]. The Morgan fingerprint density at radius 1 is 1.73 bits per heavy atom. The van der Waals surface area contributed by atoms with Crippen molar-refractivity contribution in [1.29, 1.82) is 0 Å². The van der Waals surface area contributed by atoms with Gasteiger partial charge in [0.15, 0.2) is 0 Å². The van der Waals surface area contributed by atoms with Crippen molar-refractivity contribution in [3.63, 3.8) is 0 Å². The third-order valence-electron chi connectivity index (χ3n) is 1.80. The van der Waals surface area contributed by atoms with Gasteiger partial charge in [-0.1, -0.05) is 0 Å². The van der Waals surface area contributed by atoms with Crippen molar-refractivity contribution < 1.29 is 44.6 Å². The standard InChI is InChI=1S/C6H11NO3.Na/c1-3-5(8)2-4(7-3)6(9)10;/h3-5,7-8H,2H2,1H3,(H,9,10);/q;+1/p-1/t3-,4?,5?;/m1./s1. The molecule has 0 aromatic carbocycles. The summed E-state index contributed by atoms with van der Waals surface area (Å²) in [7, 11) is 0. The molecular weight excluding hydrogens is 157 g/mol. The van der Waals surface area contributed by atoms with Crippen LogP contribution in [0.5, 0.6) is 0 Å². The molecule has 0 aliphatic carbocycles. The average Bonchev–Trinajstić information content (AvgIpc) is 2.13. The topological polar surface area (TPSA) is 72.4 Å². The normalized spacial score (nSPS) is 36.4. The van der Waals surface area contributed by atoms with Crippen LogP contribution in [-0.4, -0.2) is 29.3 Å². The van der Waals surface area contributed by atoms with E-state index in [4.69, 9.17) is 5.11 Å². The summed E-state index contributed by atoms with van der Waals surface area (Å²) in [4.78, 5) is 10.2. The number of carbonyl (C=O) groups excluding carboxylic acids is 1. The summed E-state index contributed by atoms with van der Waals surface area (Å²) in [6, 6.07) is -0.812. The quantitative estimate of drug-likeness (QED) is 0.383. The maximum absolute atomic E-state index is 10.2. The van der Waals surface area contributed by atoms with Gasteiger partial charge in [-0.2, -0.15) is 0 Å². The first-order valence-electron chi connectivity index (χ1n) is 3.26. The molecule has 0 saturated carbocycles. The summed E-state index contributed by atoms with van der Waals surface area (Å²) >= 11 is 0. The number of carbonyl (C=O) groups is 1. The van der Waals surface area contributed by atoms with Crippen LogP contribution in [0.3, 0.4) is 0 Å². The van der Waals surface area contributed by atoms with Crippen molar-refractivity contribution in [1.82, 2.24) is 5.32 Å². The maximum Gasteiger partial charge on any atom is 1.00 e. The van der Waals surface area contributed by atoms with Crippen molar-refractivity contribution in [2.45, 2.75) is 31.5 Å². The number of nitrogens with one attached hydrogen (secondary N) is 1. The molecule has 1 aliphatic rings. The Kier molecular flexibility index (Phi) is 4.58. The molecule has 0 aromatic rings. The number of hydrogen-bond donors (Lipinski definition) is 2. The predicted octanol–water partition coefficient (Wildman–Crippen LogP) is -5.15. The van der Waals surface area contributed by atoms with Crippen LogP contribution >= 0.6 is 0 Å². The molecule has 2 unspecified atom stereocenters. The van der Waals surface area contributed by atoms with Gasteiger partial charge >= 0.3 is 29.6 Å². The fourth-order valence-electron chi connectivity index (χ4n) is 1.11. The molecule has 0 radical (unpaired) electrons. The van der Waals surface area contributed by atoms with Crippen LogP contribution in [0, 0.1) is 0 Å². The van der Waals surface area contributed by atoms with Gasteiger partial charge in [0.2, 0.25) is 0 Å². The van der Waals surface area contributed by atoms with Gasteiger partial charge in [-0.25, -0.2) is 0 Å². The van der Waals surface area contributed by atoms with Crippen molar-refractivity contribution in [3.8, 4) is 0 Å². The molecule has 0 spiro atoms. The monoisotopic (exact) mass is 167 g/mol. The average molecular weight is 167 g/mol. The van der Waals surface area contributed by atoms with Crippen molar-refractivity contribution in [2.75, 3.05) is 0 Å². The second kappa shape index (κ2) is 4.42. The summed E-state index contributed by atoms with van der Waals surface area (Å²) < 4.78 is 0. The van der Waals surface area contributed by atoms with Gasteiger partial charge in [0.1, 0.15) is 0 Å².